The van der Waals surface area contributed by atoms with Crippen molar-refractivity contribution in [2.75, 3.05) is 28.2 Å². The predicted octanol–water partition coefficient (Wildman–Crippen LogP) is 2.35. The van der Waals surface area contributed by atoms with Crippen LogP contribution in [0.3, 0.4) is 0 Å². The number of hydrogen-bond donors (Lipinski definition) is 3. The molecule has 4 rings (SSSR count). The van der Waals surface area contributed by atoms with E-state index in [-0.39, 0.29) is 66.9 Å². The zero-order chi connectivity index (χ0) is 36.7. The molecule has 0 radical (unpaired) electrons. The largest absolute Gasteiger partial charge is 0.477 e. The number of benzene rings is 2. The van der Waals surface area contributed by atoms with Crippen molar-refractivity contribution in [2.24, 2.45) is 5.73 Å². The lowest BCUT2D eigenvalue weighted by Crippen LogP contribution is -2.36. The Labute approximate surface area is 293 Å². The number of aromatic carboxylic acids is 1. The topological polar surface area (TPSA) is 177 Å². The Balaban J connectivity index is 0.000000413. The summed E-state index contributed by atoms with van der Waals surface area (Å²) in [6, 6.07) is 20.0. The van der Waals surface area contributed by atoms with Gasteiger partial charge < -0.3 is 26.0 Å². The third-order valence-corrected chi connectivity index (χ3v) is 6.65. The number of nitrogens with zero attached hydrogens (tertiary/aromatic N) is 4. The number of carbonyl (C=O) groups is 4. The second-order valence-electron chi connectivity index (χ2n) is 10.7. The average Bonchev–Trinajstić information content (AvgIpc) is 3.06. The van der Waals surface area contributed by atoms with Crippen molar-refractivity contribution in [1.29, 1.82) is 0 Å². The highest BCUT2D eigenvalue weighted by Gasteiger charge is 2.16. The lowest BCUT2D eigenvalue weighted by Gasteiger charge is -2.15. The first kappa shape index (κ1) is 42.4. The van der Waals surface area contributed by atoms with Gasteiger partial charge in [0.15, 0.2) is 0 Å². The summed E-state index contributed by atoms with van der Waals surface area (Å²) in [5.74, 6) is -2.92. The van der Waals surface area contributed by atoms with E-state index in [0.717, 1.165) is 20.3 Å². The minimum absolute atomic E-state index is 0. The summed E-state index contributed by atoms with van der Waals surface area (Å²) in [5, 5.41) is 11.5. The van der Waals surface area contributed by atoms with E-state index in [0.29, 0.717) is 6.54 Å². The fraction of sp³-hybridized carbons (Fsp3) is 0.235. The molecule has 13 nitrogen and oxygen atoms in total. The number of pyridine rings is 2. The highest BCUT2D eigenvalue weighted by molar-refractivity contribution is 5.93. The van der Waals surface area contributed by atoms with E-state index in [1.165, 1.54) is 84.6 Å². The molecule has 268 valence electrons. The third-order valence-electron chi connectivity index (χ3n) is 6.65. The average molecular weight is 717 g/mol. The molecule has 3 amide bonds. The quantitative estimate of drug-likeness (QED) is 0.236. The van der Waals surface area contributed by atoms with Crippen molar-refractivity contribution in [3.8, 4) is 0 Å². The molecule has 0 saturated carbocycles. The Kier molecular flexibility index (Phi) is 17.5. The SMILES string of the molecule is CN(C)C(=O)Cn1c(C(=O)NCc2ccc(F)cc2)cccc1=O.CN(C)C(=O)Cn1c(C(=O)O)cccc1=O.Cl.NCc1ccc(F)cc1. The van der Waals surface area contributed by atoms with Crippen molar-refractivity contribution in [3.63, 3.8) is 0 Å². The highest BCUT2D eigenvalue weighted by atomic mass is 35.5. The van der Waals surface area contributed by atoms with E-state index in [4.69, 9.17) is 10.8 Å². The predicted molar refractivity (Wildman–Crippen MR) is 185 cm³/mol. The molecule has 2 aromatic heterocycles. The fourth-order valence-electron chi connectivity index (χ4n) is 3.80. The number of carboxylic acid groups (broad SMARTS) is 1. The number of hydrogen-bond acceptors (Lipinski definition) is 7. The Hall–Kier alpha value is -5.67. The molecule has 0 spiro atoms. The minimum Gasteiger partial charge on any atom is -0.477 e. The van der Waals surface area contributed by atoms with Gasteiger partial charge in [0.25, 0.3) is 17.0 Å². The summed E-state index contributed by atoms with van der Waals surface area (Å²) in [4.78, 5) is 72.5. The van der Waals surface area contributed by atoms with Gasteiger partial charge in [-0.05, 0) is 47.5 Å². The summed E-state index contributed by atoms with van der Waals surface area (Å²) in [6.45, 7) is 0.171. The van der Waals surface area contributed by atoms with Gasteiger partial charge in [-0.15, -0.1) is 12.4 Å². The van der Waals surface area contributed by atoms with E-state index in [9.17, 15) is 37.5 Å². The molecule has 50 heavy (non-hydrogen) atoms. The van der Waals surface area contributed by atoms with Gasteiger partial charge in [-0.3, -0.25) is 33.1 Å². The van der Waals surface area contributed by atoms with Crippen molar-refractivity contribution in [2.45, 2.75) is 26.2 Å². The van der Waals surface area contributed by atoms with Crippen LogP contribution >= 0.6 is 12.4 Å². The number of nitrogens with one attached hydrogen (secondary N) is 1. The maximum Gasteiger partial charge on any atom is 0.352 e. The van der Waals surface area contributed by atoms with Gasteiger partial charge in [0.1, 0.15) is 36.1 Å². The third kappa shape index (κ3) is 13.4. The molecule has 16 heteroatoms. The van der Waals surface area contributed by atoms with Crippen LogP contribution in [0.1, 0.15) is 32.1 Å². The molecule has 0 fully saturated rings. The zero-order valence-corrected chi connectivity index (χ0v) is 28.7. The first-order valence-electron chi connectivity index (χ1n) is 14.6. The molecule has 2 heterocycles. The highest BCUT2D eigenvalue weighted by Crippen LogP contribution is 2.04. The monoisotopic (exact) mass is 716 g/mol. The molecule has 0 aliphatic heterocycles. The molecular weight excluding hydrogens is 678 g/mol. The standard InChI is InChI=1S/C17H18FN3O3.C10H12N2O4.C7H8FN.ClH/c1-20(2)16(23)11-21-14(4-3-5-15(21)22)17(24)19-10-12-6-8-13(18)9-7-12;1-11(2)9(14)6-12-7(10(15)16)4-3-5-8(12)13;8-7-3-1-6(5-9)2-4-7;/h3-9H,10-11H2,1-2H3,(H,19,24);3-5H,6H2,1-2H3,(H,15,16);1-4H,5,9H2;1H. The van der Waals surface area contributed by atoms with Crippen molar-refractivity contribution < 1.29 is 33.1 Å². The van der Waals surface area contributed by atoms with Crippen molar-refractivity contribution in [3.05, 3.63) is 140 Å². The zero-order valence-electron chi connectivity index (χ0n) is 27.8. The number of aromatic nitrogens is 2. The maximum atomic E-state index is 12.9. The number of nitrogens with two attached hydrogens (primary N) is 1. The molecule has 0 bridgehead atoms. The number of carbonyl (C=O) groups excluding carboxylic acids is 3. The Morgan fingerprint density at radius 3 is 1.48 bits per heavy atom. The molecule has 0 aliphatic carbocycles. The smallest absolute Gasteiger partial charge is 0.352 e. The normalized spacial score (nSPS) is 9.82. The minimum atomic E-state index is -1.23. The van der Waals surface area contributed by atoms with Crippen molar-refractivity contribution in [1.82, 2.24) is 24.3 Å². The van der Waals surface area contributed by atoms with Gasteiger partial charge in [0, 0.05) is 53.4 Å². The van der Waals surface area contributed by atoms with Gasteiger partial charge in [-0.2, -0.15) is 0 Å². The van der Waals surface area contributed by atoms with Crippen LogP contribution < -0.4 is 22.2 Å². The van der Waals surface area contributed by atoms with Crippen LogP contribution in [0.5, 0.6) is 0 Å². The lowest BCUT2D eigenvalue weighted by molar-refractivity contribution is -0.130. The number of halogens is 3. The summed E-state index contributed by atoms with van der Waals surface area (Å²) in [5.41, 5.74) is 5.92. The molecule has 0 unspecified atom stereocenters. The summed E-state index contributed by atoms with van der Waals surface area (Å²) < 4.78 is 27.1. The van der Waals surface area contributed by atoms with E-state index in [2.05, 4.69) is 5.32 Å². The van der Waals surface area contributed by atoms with Crippen LogP contribution in [0.4, 0.5) is 8.78 Å². The van der Waals surface area contributed by atoms with E-state index in [1.54, 1.807) is 38.4 Å². The van der Waals surface area contributed by atoms with E-state index < -0.39 is 23.0 Å². The first-order valence-corrected chi connectivity index (χ1v) is 14.6. The van der Waals surface area contributed by atoms with Gasteiger partial charge >= 0.3 is 5.97 Å². The molecule has 0 aliphatic rings. The summed E-state index contributed by atoms with van der Waals surface area (Å²) >= 11 is 0. The van der Waals surface area contributed by atoms with Gasteiger partial charge in [0.05, 0.1) is 0 Å². The van der Waals surface area contributed by atoms with Gasteiger partial charge in [-0.25, -0.2) is 13.6 Å². The summed E-state index contributed by atoms with van der Waals surface area (Å²) in [6.07, 6.45) is 0. The Morgan fingerprint density at radius 2 is 1.08 bits per heavy atom. The maximum absolute atomic E-state index is 12.9. The number of amides is 3. The second-order valence-corrected chi connectivity index (χ2v) is 10.7. The Bertz CT molecular complexity index is 1860. The lowest BCUT2D eigenvalue weighted by atomic mass is 10.2. The van der Waals surface area contributed by atoms with Crippen LogP contribution in [0.15, 0.2) is 94.5 Å². The van der Waals surface area contributed by atoms with Gasteiger partial charge in [-0.1, -0.05) is 36.4 Å². The molecule has 2 aromatic carbocycles. The number of likely N-dealkylation sites (N-methyl/N-ethyl adjacent to an activating group) is 2. The van der Waals surface area contributed by atoms with Crippen LogP contribution in [0, 0.1) is 11.6 Å². The van der Waals surface area contributed by atoms with Crippen molar-refractivity contribution >= 4 is 36.1 Å². The Morgan fingerprint density at radius 1 is 0.680 bits per heavy atom. The second kappa shape index (κ2) is 20.6. The first-order chi connectivity index (χ1) is 23.1. The fourth-order valence-corrected chi connectivity index (χ4v) is 3.80. The van der Waals surface area contributed by atoms with Crippen LogP contribution in [0.25, 0.3) is 0 Å². The van der Waals surface area contributed by atoms with Gasteiger partial charge in [0.2, 0.25) is 11.8 Å². The number of carboxylic acids is 1. The van der Waals surface area contributed by atoms with E-state index in [1.807, 2.05) is 0 Å². The molecule has 0 saturated heterocycles. The summed E-state index contributed by atoms with van der Waals surface area (Å²) in [7, 11) is 6.22. The molecule has 0 atom stereocenters. The van der Waals surface area contributed by atoms with Crippen LogP contribution in [-0.4, -0.2) is 75.9 Å². The molecule has 4 N–H and O–H groups in total. The van der Waals surface area contributed by atoms with E-state index >= 15 is 0 Å². The van der Waals surface area contributed by atoms with Crippen LogP contribution in [-0.2, 0) is 35.8 Å². The van der Waals surface area contributed by atoms with Crippen LogP contribution in [0.2, 0.25) is 0 Å². The number of rotatable bonds is 9. The molecular formula is C34H39ClF2N6O7. The molecule has 4 aromatic rings.